The van der Waals surface area contributed by atoms with E-state index < -0.39 is 5.91 Å². The number of nitrogens with one attached hydrogen (secondary N) is 2. The van der Waals surface area contributed by atoms with Crippen molar-refractivity contribution in [2.24, 2.45) is 0 Å². The first-order valence-corrected chi connectivity index (χ1v) is 7.56. The second kappa shape index (κ2) is 8.39. The molecule has 0 bridgehead atoms. The number of hydrogen-bond acceptors (Lipinski definition) is 4. The van der Waals surface area contributed by atoms with Gasteiger partial charge < -0.3 is 15.5 Å². The van der Waals surface area contributed by atoms with E-state index in [1.807, 2.05) is 79.7 Å². The maximum absolute atomic E-state index is 12.1. The van der Waals surface area contributed by atoms with Crippen molar-refractivity contribution in [3.63, 3.8) is 0 Å². The summed E-state index contributed by atoms with van der Waals surface area (Å²) < 4.78 is 0. The van der Waals surface area contributed by atoms with E-state index in [9.17, 15) is 4.79 Å². The predicted octanol–water partition coefficient (Wildman–Crippen LogP) is 2.89. The van der Waals surface area contributed by atoms with Crippen LogP contribution in [0.1, 0.15) is 5.56 Å². The normalized spacial score (nSPS) is 10.6. The van der Waals surface area contributed by atoms with Crippen LogP contribution in [0.25, 0.3) is 0 Å². The molecule has 2 N–H and O–H groups in total. The molecule has 0 saturated carbocycles. The highest BCUT2D eigenvalue weighted by Gasteiger charge is 2.08. The number of nitrogens with zero attached hydrogens (tertiary/aromatic N) is 2. The van der Waals surface area contributed by atoms with Gasteiger partial charge in [-0.25, -0.2) is 0 Å². The van der Waals surface area contributed by atoms with E-state index in [0.717, 1.165) is 16.9 Å². The fourth-order valence-corrected chi connectivity index (χ4v) is 2.03. The van der Waals surface area contributed by atoms with Crippen molar-refractivity contribution in [1.82, 2.24) is 5.32 Å². The van der Waals surface area contributed by atoms with Crippen molar-refractivity contribution in [2.45, 2.75) is 6.54 Å². The lowest BCUT2D eigenvalue weighted by atomic mass is 10.2. The van der Waals surface area contributed by atoms with Crippen LogP contribution >= 0.6 is 0 Å². The third kappa shape index (κ3) is 4.89. The highest BCUT2D eigenvalue weighted by molar-refractivity contribution is 5.97. The molecule has 0 heterocycles. The van der Waals surface area contributed by atoms with E-state index in [0.29, 0.717) is 6.54 Å². The number of hydrogen-bond donors (Lipinski definition) is 2. The van der Waals surface area contributed by atoms with Gasteiger partial charge in [-0.15, -0.1) is 0 Å². The summed E-state index contributed by atoms with van der Waals surface area (Å²) in [5.41, 5.74) is 2.90. The summed E-state index contributed by atoms with van der Waals surface area (Å²) in [4.78, 5) is 14.1. The molecule has 1 amide bonds. The Morgan fingerprint density at radius 1 is 1.12 bits per heavy atom. The summed E-state index contributed by atoms with van der Waals surface area (Å²) in [5.74, 6) is -0.404. The van der Waals surface area contributed by atoms with Crippen molar-refractivity contribution < 1.29 is 4.79 Å². The minimum Gasteiger partial charge on any atom is -0.378 e. The topological polar surface area (TPSA) is 68.2 Å². The molecular weight excluding hydrogens is 300 g/mol. The summed E-state index contributed by atoms with van der Waals surface area (Å²) >= 11 is 0. The van der Waals surface area contributed by atoms with Crippen LogP contribution in [0, 0.1) is 11.3 Å². The van der Waals surface area contributed by atoms with E-state index >= 15 is 0 Å². The maximum Gasteiger partial charge on any atom is 0.263 e. The van der Waals surface area contributed by atoms with Gasteiger partial charge in [0.1, 0.15) is 11.6 Å². The van der Waals surface area contributed by atoms with Crippen LogP contribution in [-0.4, -0.2) is 20.0 Å². The molecule has 0 aliphatic heterocycles. The number of nitriles is 1. The molecule has 0 aliphatic rings. The first-order valence-electron chi connectivity index (χ1n) is 7.56. The smallest absolute Gasteiger partial charge is 0.263 e. The summed E-state index contributed by atoms with van der Waals surface area (Å²) in [6, 6.07) is 19.2. The molecule has 122 valence electrons. The maximum atomic E-state index is 12.1. The number of rotatable bonds is 6. The predicted molar refractivity (Wildman–Crippen MR) is 96.4 cm³/mol. The molecule has 5 heteroatoms. The Morgan fingerprint density at radius 3 is 2.38 bits per heavy atom. The molecule has 0 fully saturated rings. The van der Waals surface area contributed by atoms with E-state index in [4.69, 9.17) is 5.26 Å². The molecule has 0 radical (unpaired) electrons. The van der Waals surface area contributed by atoms with Crippen LogP contribution in [0.3, 0.4) is 0 Å². The molecule has 0 spiro atoms. The Bertz CT molecular complexity index is 743. The van der Waals surface area contributed by atoms with Gasteiger partial charge in [-0.3, -0.25) is 4.79 Å². The first kappa shape index (κ1) is 17.1. The van der Waals surface area contributed by atoms with E-state index in [-0.39, 0.29) is 5.57 Å². The molecular formula is C19H20N4O. The Kier molecular flexibility index (Phi) is 5.98. The van der Waals surface area contributed by atoms with Crippen LogP contribution in [0.2, 0.25) is 0 Å². The zero-order chi connectivity index (χ0) is 17.4. The van der Waals surface area contributed by atoms with Gasteiger partial charge in [0.15, 0.2) is 0 Å². The third-order valence-electron chi connectivity index (χ3n) is 3.43. The zero-order valence-corrected chi connectivity index (χ0v) is 13.8. The van der Waals surface area contributed by atoms with Crippen LogP contribution < -0.4 is 15.5 Å². The third-order valence-corrected chi connectivity index (χ3v) is 3.43. The summed E-state index contributed by atoms with van der Waals surface area (Å²) in [5, 5.41) is 14.9. The zero-order valence-electron chi connectivity index (χ0n) is 13.8. The molecule has 2 aromatic rings. The largest absolute Gasteiger partial charge is 0.378 e. The van der Waals surface area contributed by atoms with Gasteiger partial charge >= 0.3 is 0 Å². The Morgan fingerprint density at radius 2 is 1.79 bits per heavy atom. The SMILES string of the molecule is CN(C)c1ccc(N/C=C(/C#N)C(=O)NCc2ccccc2)cc1. The van der Waals surface area contributed by atoms with Gasteiger partial charge in [0.2, 0.25) is 0 Å². The minimum absolute atomic E-state index is 0.0302. The lowest BCUT2D eigenvalue weighted by Crippen LogP contribution is -2.24. The summed E-state index contributed by atoms with van der Waals surface area (Å²) in [6.45, 7) is 0.385. The molecule has 0 atom stereocenters. The van der Waals surface area contributed by atoms with E-state index in [1.165, 1.54) is 6.20 Å². The molecule has 24 heavy (non-hydrogen) atoms. The molecule has 2 rings (SSSR count). The van der Waals surface area contributed by atoms with Gasteiger partial charge in [-0.05, 0) is 29.8 Å². The highest BCUT2D eigenvalue weighted by atomic mass is 16.1. The van der Waals surface area contributed by atoms with Gasteiger partial charge in [-0.1, -0.05) is 30.3 Å². The number of carbonyl (C=O) groups excluding carboxylic acids is 1. The molecule has 0 aliphatic carbocycles. The van der Waals surface area contributed by atoms with Gasteiger partial charge in [0.25, 0.3) is 5.91 Å². The van der Waals surface area contributed by atoms with Crippen molar-refractivity contribution in [3.8, 4) is 6.07 Å². The molecule has 0 unspecified atom stereocenters. The van der Waals surface area contributed by atoms with Gasteiger partial charge in [-0.2, -0.15) is 5.26 Å². The molecule has 0 saturated heterocycles. The Labute approximate surface area is 142 Å². The van der Waals surface area contributed by atoms with Crippen LogP contribution in [-0.2, 0) is 11.3 Å². The number of carbonyl (C=O) groups is 1. The number of amides is 1. The Hall–Kier alpha value is -3.26. The molecule has 5 nitrogen and oxygen atoms in total. The summed E-state index contributed by atoms with van der Waals surface area (Å²) in [6.07, 6.45) is 1.42. The monoisotopic (exact) mass is 320 g/mol. The molecule has 2 aromatic carbocycles. The minimum atomic E-state index is -0.404. The van der Waals surface area contributed by atoms with Crippen molar-refractivity contribution in [2.75, 3.05) is 24.3 Å². The lowest BCUT2D eigenvalue weighted by Gasteiger charge is -2.12. The second-order valence-corrected chi connectivity index (χ2v) is 5.42. The van der Waals surface area contributed by atoms with Crippen LogP contribution in [0.4, 0.5) is 11.4 Å². The van der Waals surface area contributed by atoms with Crippen molar-refractivity contribution >= 4 is 17.3 Å². The van der Waals surface area contributed by atoms with Crippen LogP contribution in [0.15, 0.2) is 66.4 Å². The highest BCUT2D eigenvalue weighted by Crippen LogP contribution is 2.15. The van der Waals surface area contributed by atoms with Gasteiger partial charge in [0, 0.05) is 38.2 Å². The Balaban J connectivity index is 1.95. The number of benzene rings is 2. The van der Waals surface area contributed by atoms with E-state index in [1.54, 1.807) is 0 Å². The standard InChI is InChI=1S/C19H20N4O/c1-23(2)18-10-8-17(9-11-18)21-14-16(12-20)19(24)22-13-15-6-4-3-5-7-15/h3-11,14,21H,13H2,1-2H3,(H,22,24)/b16-14-. The molecule has 0 aromatic heterocycles. The van der Waals surface area contributed by atoms with E-state index in [2.05, 4.69) is 10.6 Å². The fraction of sp³-hybridized carbons (Fsp3) is 0.158. The average Bonchev–Trinajstić information content (AvgIpc) is 2.61. The average molecular weight is 320 g/mol. The second-order valence-electron chi connectivity index (χ2n) is 5.42. The van der Waals surface area contributed by atoms with Crippen molar-refractivity contribution in [1.29, 1.82) is 5.26 Å². The first-order chi connectivity index (χ1) is 11.6. The quantitative estimate of drug-likeness (QED) is 0.634. The van der Waals surface area contributed by atoms with Crippen LogP contribution in [0.5, 0.6) is 0 Å². The number of anilines is 2. The lowest BCUT2D eigenvalue weighted by molar-refractivity contribution is -0.117. The summed E-state index contributed by atoms with van der Waals surface area (Å²) in [7, 11) is 3.93. The van der Waals surface area contributed by atoms with Gasteiger partial charge in [0.05, 0.1) is 0 Å². The fourth-order valence-electron chi connectivity index (χ4n) is 2.03. The van der Waals surface area contributed by atoms with Crippen molar-refractivity contribution in [3.05, 3.63) is 71.9 Å².